The first kappa shape index (κ1) is 16.9. The first-order valence-electron chi connectivity index (χ1n) is 9.30. The van der Waals surface area contributed by atoms with Crippen molar-refractivity contribution in [3.8, 4) is 0 Å². The molecule has 0 bridgehead atoms. The maximum absolute atomic E-state index is 10.4. The van der Waals surface area contributed by atoms with Crippen LogP contribution >= 0.6 is 0 Å². The van der Waals surface area contributed by atoms with Gasteiger partial charge in [0.15, 0.2) is 0 Å². The molecule has 1 aliphatic heterocycles. The maximum atomic E-state index is 10.4. The molecular formula is C24H25NO. The molecule has 3 aromatic rings. The number of nitrogens with zero attached hydrogens (tertiary/aromatic N) is 1. The van der Waals surface area contributed by atoms with Crippen molar-refractivity contribution in [1.82, 2.24) is 0 Å². The Morgan fingerprint density at radius 2 is 1.38 bits per heavy atom. The van der Waals surface area contributed by atoms with E-state index in [-0.39, 0.29) is 12.0 Å². The van der Waals surface area contributed by atoms with Crippen LogP contribution in [0.2, 0.25) is 0 Å². The third-order valence-electron chi connectivity index (χ3n) is 5.40. The monoisotopic (exact) mass is 343 g/mol. The fourth-order valence-electron chi connectivity index (χ4n) is 4.17. The van der Waals surface area contributed by atoms with Crippen LogP contribution in [0, 0.1) is 5.41 Å². The summed E-state index contributed by atoms with van der Waals surface area (Å²) in [6, 6.07) is 29.8. The Balaban J connectivity index is 1.67. The van der Waals surface area contributed by atoms with Gasteiger partial charge in [-0.1, -0.05) is 78.9 Å². The second kappa shape index (κ2) is 7.35. The number of fused-ring (bicyclic) bond motifs is 1. The zero-order valence-corrected chi connectivity index (χ0v) is 15.0. The summed E-state index contributed by atoms with van der Waals surface area (Å²) in [4.78, 5) is 2.44. The normalized spacial score (nSPS) is 19.2. The van der Waals surface area contributed by atoms with Crippen molar-refractivity contribution in [3.63, 3.8) is 0 Å². The predicted octanol–water partition coefficient (Wildman–Crippen LogP) is 4.47. The molecule has 26 heavy (non-hydrogen) atoms. The Morgan fingerprint density at radius 1 is 0.769 bits per heavy atom. The molecule has 0 aliphatic carbocycles. The van der Waals surface area contributed by atoms with Crippen molar-refractivity contribution < 1.29 is 5.11 Å². The van der Waals surface area contributed by atoms with Gasteiger partial charge >= 0.3 is 0 Å². The molecule has 0 amide bonds. The predicted molar refractivity (Wildman–Crippen MR) is 107 cm³/mol. The van der Waals surface area contributed by atoms with Crippen LogP contribution in [-0.4, -0.2) is 18.3 Å². The van der Waals surface area contributed by atoms with Gasteiger partial charge in [0.2, 0.25) is 0 Å². The van der Waals surface area contributed by atoms with E-state index in [1.54, 1.807) is 0 Å². The third kappa shape index (κ3) is 3.51. The van der Waals surface area contributed by atoms with Gasteiger partial charge in [-0.25, -0.2) is 0 Å². The van der Waals surface area contributed by atoms with E-state index in [9.17, 15) is 5.11 Å². The summed E-state index contributed by atoms with van der Waals surface area (Å²) in [5.74, 6) is 0. The average Bonchev–Trinajstić information content (AvgIpc) is 2.69. The first-order chi connectivity index (χ1) is 12.8. The smallest absolute Gasteiger partial charge is 0.0510 e. The molecule has 0 saturated carbocycles. The molecule has 2 heteroatoms. The van der Waals surface area contributed by atoms with Crippen molar-refractivity contribution in [2.75, 3.05) is 18.1 Å². The molecule has 4 rings (SSSR count). The molecule has 0 spiro atoms. The number of aliphatic hydroxyl groups excluding tert-OH is 1. The Kier molecular flexibility index (Phi) is 4.77. The van der Waals surface area contributed by atoms with Gasteiger partial charge in [0.1, 0.15) is 0 Å². The molecule has 0 radical (unpaired) electrons. The van der Waals surface area contributed by atoms with Crippen LogP contribution in [0.25, 0.3) is 0 Å². The lowest BCUT2D eigenvalue weighted by molar-refractivity contribution is 0.124. The summed E-state index contributed by atoms with van der Waals surface area (Å²) >= 11 is 0. The first-order valence-corrected chi connectivity index (χ1v) is 9.30. The Morgan fingerprint density at radius 3 is 2.08 bits per heavy atom. The van der Waals surface area contributed by atoms with Gasteiger partial charge in [0, 0.05) is 24.2 Å². The fourth-order valence-corrected chi connectivity index (χ4v) is 4.17. The van der Waals surface area contributed by atoms with Gasteiger partial charge in [0.25, 0.3) is 0 Å². The van der Waals surface area contributed by atoms with Crippen LogP contribution in [0.15, 0.2) is 84.9 Å². The lowest BCUT2D eigenvalue weighted by atomic mass is 9.74. The van der Waals surface area contributed by atoms with Crippen molar-refractivity contribution in [2.45, 2.75) is 19.4 Å². The number of benzene rings is 3. The second-order valence-corrected chi connectivity index (χ2v) is 7.47. The van der Waals surface area contributed by atoms with Crippen molar-refractivity contribution in [3.05, 3.63) is 102 Å². The number of hydrogen-bond acceptors (Lipinski definition) is 2. The van der Waals surface area contributed by atoms with Crippen molar-refractivity contribution in [1.29, 1.82) is 0 Å². The molecule has 132 valence electrons. The number of para-hydroxylation sites is 1. The summed E-state index contributed by atoms with van der Waals surface area (Å²) in [5, 5.41) is 10.4. The van der Waals surface area contributed by atoms with Crippen LogP contribution in [-0.2, 0) is 19.4 Å². The minimum Gasteiger partial charge on any atom is -0.396 e. The topological polar surface area (TPSA) is 23.5 Å². The number of aliphatic hydroxyl groups is 1. The Bertz CT molecular complexity index is 846. The van der Waals surface area contributed by atoms with Crippen LogP contribution in [0.4, 0.5) is 5.69 Å². The molecular weight excluding hydrogens is 318 g/mol. The van der Waals surface area contributed by atoms with E-state index in [4.69, 9.17) is 0 Å². The highest BCUT2D eigenvalue weighted by Crippen LogP contribution is 2.39. The van der Waals surface area contributed by atoms with E-state index >= 15 is 0 Å². The molecule has 1 N–H and O–H groups in total. The van der Waals surface area contributed by atoms with Gasteiger partial charge in [0.05, 0.1) is 6.61 Å². The van der Waals surface area contributed by atoms with E-state index in [0.29, 0.717) is 0 Å². The largest absolute Gasteiger partial charge is 0.396 e. The molecule has 0 aromatic heterocycles. The molecule has 1 aliphatic rings. The van der Waals surface area contributed by atoms with Gasteiger partial charge in [-0.05, 0) is 35.6 Å². The Hall–Kier alpha value is -2.58. The summed E-state index contributed by atoms with van der Waals surface area (Å²) < 4.78 is 0. The molecule has 1 atom stereocenters. The molecule has 3 aromatic carbocycles. The lowest BCUT2D eigenvalue weighted by Gasteiger charge is -2.44. The molecule has 1 heterocycles. The lowest BCUT2D eigenvalue weighted by Crippen LogP contribution is -2.47. The summed E-state index contributed by atoms with van der Waals surface area (Å²) in [7, 11) is 0. The molecule has 0 saturated heterocycles. The van der Waals surface area contributed by atoms with Crippen LogP contribution in [0.3, 0.4) is 0 Å². The summed E-state index contributed by atoms with van der Waals surface area (Å²) in [6.45, 7) is 1.93. The highest BCUT2D eigenvalue weighted by Gasteiger charge is 2.37. The van der Waals surface area contributed by atoms with Crippen LogP contribution in [0.5, 0.6) is 0 Å². The van der Waals surface area contributed by atoms with Gasteiger partial charge in [-0.3, -0.25) is 0 Å². The molecule has 2 nitrogen and oxygen atoms in total. The minimum absolute atomic E-state index is 0.148. The summed E-state index contributed by atoms with van der Waals surface area (Å²) in [6.07, 6.45) is 1.81. The maximum Gasteiger partial charge on any atom is 0.0510 e. The molecule has 0 fully saturated rings. The number of anilines is 1. The third-order valence-corrected chi connectivity index (χ3v) is 5.40. The van der Waals surface area contributed by atoms with E-state index < -0.39 is 0 Å². The van der Waals surface area contributed by atoms with Crippen LogP contribution < -0.4 is 4.90 Å². The van der Waals surface area contributed by atoms with E-state index in [0.717, 1.165) is 25.9 Å². The minimum atomic E-state index is -0.148. The average molecular weight is 343 g/mol. The quantitative estimate of drug-likeness (QED) is 0.739. The zero-order chi connectivity index (χ0) is 17.8. The van der Waals surface area contributed by atoms with Gasteiger partial charge in [-0.15, -0.1) is 0 Å². The Labute approximate surface area is 155 Å². The van der Waals surface area contributed by atoms with E-state index in [2.05, 4.69) is 83.8 Å². The number of rotatable bonds is 5. The van der Waals surface area contributed by atoms with E-state index in [1.165, 1.54) is 22.4 Å². The standard InChI is InChI=1S/C24H25NO/c26-19-24(15-20-9-3-1-4-10-20)16-22-13-7-8-14-23(22)25(18-24)17-21-11-5-2-6-12-21/h1-14,26H,15-19H2. The summed E-state index contributed by atoms with van der Waals surface area (Å²) in [5.41, 5.74) is 5.08. The van der Waals surface area contributed by atoms with Gasteiger partial charge < -0.3 is 10.0 Å². The van der Waals surface area contributed by atoms with Crippen molar-refractivity contribution in [2.24, 2.45) is 5.41 Å². The fraction of sp³-hybridized carbons (Fsp3) is 0.250. The highest BCUT2D eigenvalue weighted by atomic mass is 16.3. The second-order valence-electron chi connectivity index (χ2n) is 7.47. The van der Waals surface area contributed by atoms with Crippen LogP contribution in [0.1, 0.15) is 16.7 Å². The zero-order valence-electron chi connectivity index (χ0n) is 15.0. The van der Waals surface area contributed by atoms with Gasteiger partial charge in [-0.2, -0.15) is 0 Å². The van der Waals surface area contributed by atoms with Crippen molar-refractivity contribution >= 4 is 5.69 Å². The van der Waals surface area contributed by atoms with E-state index in [1.807, 2.05) is 6.07 Å². The number of hydrogen-bond donors (Lipinski definition) is 1. The molecule has 1 unspecified atom stereocenters. The SMILES string of the molecule is OCC1(Cc2ccccc2)Cc2ccccc2N(Cc2ccccc2)C1. The highest BCUT2D eigenvalue weighted by molar-refractivity contribution is 5.57.